The fourth-order valence-electron chi connectivity index (χ4n) is 2.01. The SMILES string of the molecule is C[C@H]1CCc2c(F)cccc2[C@H]1N. The van der Waals surface area contributed by atoms with Gasteiger partial charge in [0.2, 0.25) is 0 Å². The largest absolute Gasteiger partial charge is 0.324 e. The molecule has 0 aliphatic heterocycles. The second-order valence-corrected chi connectivity index (χ2v) is 3.85. The van der Waals surface area contributed by atoms with Crippen molar-refractivity contribution < 1.29 is 4.39 Å². The van der Waals surface area contributed by atoms with E-state index in [4.69, 9.17) is 5.73 Å². The van der Waals surface area contributed by atoms with Crippen LogP contribution in [0, 0.1) is 11.7 Å². The summed E-state index contributed by atoms with van der Waals surface area (Å²) in [5.41, 5.74) is 7.82. The van der Waals surface area contributed by atoms with Gasteiger partial charge < -0.3 is 5.73 Å². The Balaban J connectivity index is 2.49. The average Bonchev–Trinajstić information content (AvgIpc) is 2.12. The lowest BCUT2D eigenvalue weighted by Gasteiger charge is -2.28. The van der Waals surface area contributed by atoms with Crippen LogP contribution < -0.4 is 5.73 Å². The lowest BCUT2D eigenvalue weighted by Crippen LogP contribution is -2.25. The summed E-state index contributed by atoms with van der Waals surface area (Å²) in [4.78, 5) is 0. The predicted molar refractivity (Wildman–Crippen MR) is 50.8 cm³/mol. The van der Waals surface area contributed by atoms with Gasteiger partial charge in [0.25, 0.3) is 0 Å². The van der Waals surface area contributed by atoms with Crippen molar-refractivity contribution in [1.82, 2.24) is 0 Å². The molecular formula is C11H14FN. The van der Waals surface area contributed by atoms with E-state index in [1.807, 2.05) is 6.07 Å². The molecule has 0 heterocycles. The summed E-state index contributed by atoms with van der Waals surface area (Å²) in [7, 11) is 0. The van der Waals surface area contributed by atoms with E-state index < -0.39 is 0 Å². The van der Waals surface area contributed by atoms with Crippen molar-refractivity contribution in [3.8, 4) is 0 Å². The molecule has 0 saturated carbocycles. The summed E-state index contributed by atoms with van der Waals surface area (Å²) in [6.07, 6.45) is 1.83. The highest BCUT2D eigenvalue weighted by atomic mass is 19.1. The Morgan fingerprint density at radius 3 is 3.00 bits per heavy atom. The van der Waals surface area contributed by atoms with Gasteiger partial charge in [0.15, 0.2) is 0 Å². The van der Waals surface area contributed by atoms with E-state index >= 15 is 0 Å². The van der Waals surface area contributed by atoms with Crippen molar-refractivity contribution >= 4 is 0 Å². The Morgan fingerprint density at radius 2 is 2.23 bits per heavy atom. The number of hydrogen-bond acceptors (Lipinski definition) is 1. The van der Waals surface area contributed by atoms with Crippen molar-refractivity contribution in [2.75, 3.05) is 0 Å². The van der Waals surface area contributed by atoms with E-state index in [0.717, 1.165) is 24.0 Å². The predicted octanol–water partition coefficient (Wildman–Crippen LogP) is 2.41. The Labute approximate surface area is 77.8 Å². The van der Waals surface area contributed by atoms with Gasteiger partial charge in [-0.25, -0.2) is 4.39 Å². The minimum Gasteiger partial charge on any atom is -0.324 e. The maximum Gasteiger partial charge on any atom is 0.126 e. The minimum atomic E-state index is -0.0974. The van der Waals surface area contributed by atoms with Crippen LogP contribution in [0.3, 0.4) is 0 Å². The van der Waals surface area contributed by atoms with Crippen LogP contribution in [0.2, 0.25) is 0 Å². The van der Waals surface area contributed by atoms with Gasteiger partial charge in [0, 0.05) is 6.04 Å². The Kier molecular flexibility index (Phi) is 2.08. The second-order valence-electron chi connectivity index (χ2n) is 3.85. The third-order valence-corrected chi connectivity index (χ3v) is 2.98. The molecule has 1 aromatic rings. The van der Waals surface area contributed by atoms with Crippen molar-refractivity contribution in [3.63, 3.8) is 0 Å². The van der Waals surface area contributed by atoms with Crippen molar-refractivity contribution in [2.24, 2.45) is 11.7 Å². The van der Waals surface area contributed by atoms with Crippen LogP contribution in [0.5, 0.6) is 0 Å². The third kappa shape index (κ3) is 1.35. The maximum atomic E-state index is 13.3. The minimum absolute atomic E-state index is 0.0134. The molecule has 0 aromatic heterocycles. The number of nitrogens with two attached hydrogens (primary N) is 1. The Hall–Kier alpha value is -0.890. The number of hydrogen-bond donors (Lipinski definition) is 1. The highest BCUT2D eigenvalue weighted by Crippen LogP contribution is 2.33. The lowest BCUT2D eigenvalue weighted by atomic mass is 9.81. The maximum absolute atomic E-state index is 13.3. The molecule has 0 spiro atoms. The summed E-state index contributed by atoms with van der Waals surface area (Å²) in [5, 5.41) is 0. The first-order valence-electron chi connectivity index (χ1n) is 4.73. The first kappa shape index (κ1) is 8.70. The summed E-state index contributed by atoms with van der Waals surface area (Å²) in [5.74, 6) is 0.370. The van der Waals surface area contributed by atoms with Gasteiger partial charge in [0.1, 0.15) is 5.82 Å². The van der Waals surface area contributed by atoms with E-state index in [0.29, 0.717) is 5.92 Å². The molecule has 2 heteroatoms. The summed E-state index contributed by atoms with van der Waals surface area (Å²) < 4.78 is 13.3. The van der Waals surface area contributed by atoms with E-state index in [2.05, 4.69) is 6.92 Å². The van der Waals surface area contributed by atoms with E-state index in [1.54, 1.807) is 6.07 Å². The van der Waals surface area contributed by atoms with Crippen molar-refractivity contribution in [1.29, 1.82) is 0 Å². The van der Waals surface area contributed by atoms with Gasteiger partial charge in [-0.1, -0.05) is 19.1 Å². The highest BCUT2D eigenvalue weighted by molar-refractivity contribution is 5.33. The van der Waals surface area contributed by atoms with E-state index in [-0.39, 0.29) is 11.9 Å². The lowest BCUT2D eigenvalue weighted by molar-refractivity contribution is 0.403. The number of benzene rings is 1. The molecule has 13 heavy (non-hydrogen) atoms. The van der Waals surface area contributed by atoms with Gasteiger partial charge in [-0.2, -0.15) is 0 Å². The molecule has 2 atom stereocenters. The normalized spacial score (nSPS) is 27.0. The van der Waals surface area contributed by atoms with Gasteiger partial charge in [0.05, 0.1) is 0 Å². The van der Waals surface area contributed by atoms with E-state index in [9.17, 15) is 4.39 Å². The molecular weight excluding hydrogens is 165 g/mol. The van der Waals surface area contributed by atoms with Gasteiger partial charge in [-0.15, -0.1) is 0 Å². The standard InChI is InChI=1S/C11H14FN/c1-7-5-6-8-9(11(7)13)3-2-4-10(8)12/h2-4,7,11H,5-6,13H2,1H3/t7-,11-/m0/s1. The molecule has 1 aliphatic rings. The van der Waals surface area contributed by atoms with Crippen LogP contribution >= 0.6 is 0 Å². The zero-order chi connectivity index (χ0) is 9.42. The molecule has 1 aromatic carbocycles. The fraction of sp³-hybridized carbons (Fsp3) is 0.455. The first-order valence-corrected chi connectivity index (χ1v) is 4.73. The highest BCUT2D eigenvalue weighted by Gasteiger charge is 2.24. The van der Waals surface area contributed by atoms with Gasteiger partial charge in [-0.05, 0) is 36.0 Å². The quantitative estimate of drug-likeness (QED) is 0.650. The molecule has 0 unspecified atom stereocenters. The van der Waals surface area contributed by atoms with Gasteiger partial charge in [-0.3, -0.25) is 0 Å². The van der Waals surface area contributed by atoms with Crippen LogP contribution in [-0.2, 0) is 6.42 Å². The molecule has 0 radical (unpaired) electrons. The smallest absolute Gasteiger partial charge is 0.126 e. The van der Waals surface area contributed by atoms with Crippen LogP contribution in [-0.4, -0.2) is 0 Å². The van der Waals surface area contributed by atoms with Crippen LogP contribution in [0.1, 0.15) is 30.5 Å². The fourth-order valence-corrected chi connectivity index (χ4v) is 2.01. The van der Waals surface area contributed by atoms with Crippen LogP contribution in [0.25, 0.3) is 0 Å². The number of rotatable bonds is 0. The molecule has 0 bridgehead atoms. The Bertz CT molecular complexity index is 322. The molecule has 70 valence electrons. The summed E-state index contributed by atoms with van der Waals surface area (Å²) >= 11 is 0. The van der Waals surface area contributed by atoms with Gasteiger partial charge >= 0.3 is 0 Å². The monoisotopic (exact) mass is 179 g/mol. The molecule has 2 N–H and O–H groups in total. The third-order valence-electron chi connectivity index (χ3n) is 2.98. The van der Waals surface area contributed by atoms with Crippen molar-refractivity contribution in [2.45, 2.75) is 25.8 Å². The topological polar surface area (TPSA) is 26.0 Å². The zero-order valence-corrected chi connectivity index (χ0v) is 7.76. The molecule has 0 fully saturated rings. The summed E-state index contributed by atoms with van der Waals surface area (Å²) in [6, 6.07) is 5.21. The van der Waals surface area contributed by atoms with E-state index in [1.165, 1.54) is 6.07 Å². The molecule has 2 rings (SSSR count). The average molecular weight is 179 g/mol. The second kappa shape index (κ2) is 3.11. The Morgan fingerprint density at radius 1 is 1.46 bits per heavy atom. The number of fused-ring (bicyclic) bond motifs is 1. The summed E-state index contributed by atoms with van der Waals surface area (Å²) in [6.45, 7) is 2.12. The van der Waals surface area contributed by atoms with Crippen molar-refractivity contribution in [3.05, 3.63) is 35.1 Å². The first-order chi connectivity index (χ1) is 6.20. The number of halogens is 1. The van der Waals surface area contributed by atoms with Crippen LogP contribution in [0.15, 0.2) is 18.2 Å². The molecule has 0 amide bonds. The molecule has 1 aliphatic carbocycles. The van der Waals surface area contributed by atoms with Crippen LogP contribution in [0.4, 0.5) is 4.39 Å². The molecule has 1 nitrogen and oxygen atoms in total. The molecule has 0 saturated heterocycles. The zero-order valence-electron chi connectivity index (χ0n) is 7.76.